The molecule has 0 N–H and O–H groups in total. The number of rotatable bonds is 3. The van der Waals surface area contributed by atoms with Crippen LogP contribution in [-0.4, -0.2) is 0 Å². The van der Waals surface area contributed by atoms with Crippen LogP contribution >= 0.6 is 0 Å². The molecule has 1 unspecified atom stereocenters. The number of nitrogens with zero attached hydrogens (tertiary/aromatic N) is 1. The molecule has 0 fully saturated rings. The van der Waals surface area contributed by atoms with Crippen molar-refractivity contribution in [2.75, 3.05) is 4.90 Å². The average Bonchev–Trinajstić information content (AvgIpc) is 2.83. The predicted molar refractivity (Wildman–Crippen MR) is 101 cm³/mol. The molecule has 0 aliphatic carbocycles. The SMILES string of the molecule is c1ccc(CN2c3ccccc3CCCC2c2ccccc2)cc1. The molecule has 0 amide bonds. The highest BCUT2D eigenvalue weighted by molar-refractivity contribution is 5.56. The maximum atomic E-state index is 2.60. The van der Waals surface area contributed by atoms with E-state index in [0.29, 0.717) is 6.04 Å². The summed E-state index contributed by atoms with van der Waals surface area (Å²) >= 11 is 0. The summed E-state index contributed by atoms with van der Waals surface area (Å²) in [6, 6.07) is 31.2. The van der Waals surface area contributed by atoms with Crippen LogP contribution in [0.25, 0.3) is 0 Å². The Labute approximate surface area is 144 Å². The van der Waals surface area contributed by atoms with Crippen molar-refractivity contribution < 1.29 is 0 Å². The lowest BCUT2D eigenvalue weighted by molar-refractivity contribution is 0.568. The molecule has 3 aromatic carbocycles. The molecule has 1 atom stereocenters. The third kappa shape index (κ3) is 3.07. The lowest BCUT2D eigenvalue weighted by Crippen LogP contribution is -2.28. The first-order valence-corrected chi connectivity index (χ1v) is 8.85. The zero-order valence-corrected chi connectivity index (χ0v) is 13.9. The highest BCUT2D eigenvalue weighted by Crippen LogP contribution is 2.38. The Balaban J connectivity index is 1.77. The van der Waals surface area contributed by atoms with Crippen molar-refractivity contribution in [1.82, 2.24) is 0 Å². The van der Waals surface area contributed by atoms with Gasteiger partial charge >= 0.3 is 0 Å². The van der Waals surface area contributed by atoms with Crippen molar-refractivity contribution in [2.45, 2.75) is 31.8 Å². The summed E-state index contributed by atoms with van der Waals surface area (Å²) in [5, 5.41) is 0. The minimum atomic E-state index is 0.440. The largest absolute Gasteiger partial charge is 0.360 e. The minimum Gasteiger partial charge on any atom is -0.360 e. The Morgan fingerprint density at radius 2 is 1.42 bits per heavy atom. The van der Waals surface area contributed by atoms with Crippen LogP contribution in [0, 0.1) is 0 Å². The van der Waals surface area contributed by atoms with Crippen LogP contribution in [0.5, 0.6) is 0 Å². The van der Waals surface area contributed by atoms with Crippen molar-refractivity contribution in [3.8, 4) is 0 Å². The first kappa shape index (κ1) is 15.0. The van der Waals surface area contributed by atoms with Gasteiger partial charge in [-0.15, -0.1) is 0 Å². The molecule has 0 saturated carbocycles. The molecule has 0 bridgehead atoms. The lowest BCUT2D eigenvalue weighted by Gasteiger charge is -2.34. The van der Waals surface area contributed by atoms with Crippen molar-refractivity contribution >= 4 is 5.69 Å². The van der Waals surface area contributed by atoms with Gasteiger partial charge in [-0.2, -0.15) is 0 Å². The molecule has 0 aromatic heterocycles. The second-order valence-electron chi connectivity index (χ2n) is 6.56. The molecular weight excluding hydrogens is 290 g/mol. The predicted octanol–water partition coefficient (Wildman–Crippen LogP) is 5.77. The Morgan fingerprint density at radius 1 is 0.750 bits per heavy atom. The molecule has 1 nitrogen and oxygen atoms in total. The van der Waals surface area contributed by atoms with Gasteiger partial charge in [-0.3, -0.25) is 0 Å². The second kappa shape index (κ2) is 6.92. The molecule has 1 heteroatoms. The summed E-state index contributed by atoms with van der Waals surface area (Å²) in [4.78, 5) is 2.60. The lowest BCUT2D eigenvalue weighted by atomic mass is 10.00. The van der Waals surface area contributed by atoms with Gasteiger partial charge in [0, 0.05) is 12.2 Å². The van der Waals surface area contributed by atoms with Crippen LogP contribution in [0.3, 0.4) is 0 Å². The summed E-state index contributed by atoms with van der Waals surface area (Å²) < 4.78 is 0. The van der Waals surface area contributed by atoms with Crippen LogP contribution in [0.15, 0.2) is 84.9 Å². The number of fused-ring (bicyclic) bond motifs is 1. The van der Waals surface area contributed by atoms with Crippen molar-refractivity contribution in [3.63, 3.8) is 0 Å². The smallest absolute Gasteiger partial charge is 0.0546 e. The quantitative estimate of drug-likeness (QED) is 0.593. The Bertz CT molecular complexity index is 779. The molecular formula is C23H23N. The molecule has 4 rings (SSSR count). The summed E-state index contributed by atoms with van der Waals surface area (Å²) in [6.07, 6.45) is 3.61. The summed E-state index contributed by atoms with van der Waals surface area (Å²) in [7, 11) is 0. The van der Waals surface area contributed by atoms with E-state index in [-0.39, 0.29) is 0 Å². The van der Waals surface area contributed by atoms with Gasteiger partial charge in [0.2, 0.25) is 0 Å². The van der Waals surface area contributed by atoms with Crippen molar-refractivity contribution in [2.24, 2.45) is 0 Å². The van der Waals surface area contributed by atoms with Crippen LogP contribution in [0.1, 0.15) is 35.6 Å². The molecule has 3 aromatic rings. The third-order valence-electron chi connectivity index (χ3n) is 4.98. The fourth-order valence-electron chi connectivity index (χ4n) is 3.81. The van der Waals surface area contributed by atoms with Gasteiger partial charge in [0.1, 0.15) is 0 Å². The van der Waals surface area contributed by atoms with E-state index in [1.165, 1.54) is 41.6 Å². The van der Waals surface area contributed by atoms with E-state index in [2.05, 4.69) is 89.8 Å². The average molecular weight is 313 g/mol. The zero-order valence-electron chi connectivity index (χ0n) is 13.9. The van der Waals surface area contributed by atoms with Crippen LogP contribution in [-0.2, 0) is 13.0 Å². The van der Waals surface area contributed by atoms with Gasteiger partial charge in [-0.25, -0.2) is 0 Å². The Kier molecular flexibility index (Phi) is 4.33. The van der Waals surface area contributed by atoms with Gasteiger partial charge in [0.15, 0.2) is 0 Å². The molecule has 120 valence electrons. The van der Waals surface area contributed by atoms with Gasteiger partial charge in [-0.05, 0) is 42.0 Å². The molecule has 24 heavy (non-hydrogen) atoms. The number of benzene rings is 3. The maximum Gasteiger partial charge on any atom is 0.0546 e. The maximum absolute atomic E-state index is 2.60. The molecule has 1 heterocycles. The number of anilines is 1. The first-order valence-electron chi connectivity index (χ1n) is 8.85. The van der Waals surface area contributed by atoms with E-state index in [0.717, 1.165) is 6.54 Å². The fourth-order valence-corrected chi connectivity index (χ4v) is 3.81. The molecule has 1 aliphatic rings. The van der Waals surface area contributed by atoms with Crippen molar-refractivity contribution in [1.29, 1.82) is 0 Å². The zero-order chi connectivity index (χ0) is 16.2. The van der Waals surface area contributed by atoms with Crippen LogP contribution in [0.4, 0.5) is 5.69 Å². The first-order chi connectivity index (χ1) is 11.9. The summed E-state index contributed by atoms with van der Waals surface area (Å²) in [5.74, 6) is 0. The molecule has 0 radical (unpaired) electrons. The third-order valence-corrected chi connectivity index (χ3v) is 4.98. The highest BCUT2D eigenvalue weighted by Gasteiger charge is 2.25. The van der Waals surface area contributed by atoms with E-state index in [1.807, 2.05) is 0 Å². The van der Waals surface area contributed by atoms with E-state index in [4.69, 9.17) is 0 Å². The molecule has 0 saturated heterocycles. The molecule has 1 aliphatic heterocycles. The number of hydrogen-bond acceptors (Lipinski definition) is 1. The standard InChI is InChI=1S/C23H23N/c1-3-10-19(11-4-1)18-24-22-16-8-7-14-21(22)15-9-17-23(24)20-12-5-2-6-13-20/h1-8,10-14,16,23H,9,15,17-18H2. The Morgan fingerprint density at radius 3 is 2.21 bits per heavy atom. The fraction of sp³-hybridized carbons (Fsp3) is 0.217. The number of para-hydroxylation sites is 1. The highest BCUT2D eigenvalue weighted by atomic mass is 15.2. The topological polar surface area (TPSA) is 3.24 Å². The molecule has 0 spiro atoms. The van der Waals surface area contributed by atoms with Gasteiger partial charge in [0.05, 0.1) is 6.04 Å². The van der Waals surface area contributed by atoms with Gasteiger partial charge in [0.25, 0.3) is 0 Å². The monoisotopic (exact) mass is 313 g/mol. The normalized spacial score (nSPS) is 17.2. The Hall–Kier alpha value is -2.54. The number of hydrogen-bond donors (Lipinski definition) is 0. The summed E-state index contributed by atoms with van der Waals surface area (Å²) in [6.45, 7) is 0.956. The van der Waals surface area contributed by atoms with E-state index >= 15 is 0 Å². The van der Waals surface area contributed by atoms with E-state index in [9.17, 15) is 0 Å². The summed E-state index contributed by atoms with van der Waals surface area (Å²) in [5.41, 5.74) is 5.67. The van der Waals surface area contributed by atoms with Gasteiger partial charge < -0.3 is 4.90 Å². The van der Waals surface area contributed by atoms with Crippen LogP contribution < -0.4 is 4.90 Å². The van der Waals surface area contributed by atoms with Gasteiger partial charge in [-0.1, -0.05) is 78.9 Å². The minimum absolute atomic E-state index is 0.440. The van der Waals surface area contributed by atoms with Crippen molar-refractivity contribution in [3.05, 3.63) is 102 Å². The second-order valence-corrected chi connectivity index (χ2v) is 6.56. The van der Waals surface area contributed by atoms with E-state index in [1.54, 1.807) is 0 Å². The van der Waals surface area contributed by atoms with Crippen LogP contribution in [0.2, 0.25) is 0 Å². The number of aryl methyl sites for hydroxylation is 1. The van der Waals surface area contributed by atoms with E-state index < -0.39 is 0 Å².